The van der Waals surface area contributed by atoms with Gasteiger partial charge in [-0.15, -0.1) is 0 Å². The van der Waals surface area contributed by atoms with E-state index in [1.54, 1.807) is 0 Å². The van der Waals surface area contributed by atoms with Crippen LogP contribution in [0.25, 0.3) is 0 Å². The van der Waals surface area contributed by atoms with Crippen LogP contribution in [0.5, 0.6) is 5.75 Å². The van der Waals surface area contributed by atoms with Crippen molar-refractivity contribution in [1.29, 1.82) is 0 Å². The van der Waals surface area contributed by atoms with Crippen molar-refractivity contribution in [2.45, 2.75) is 57.5 Å². The van der Waals surface area contributed by atoms with Gasteiger partial charge in [0.25, 0.3) is 0 Å². The summed E-state index contributed by atoms with van der Waals surface area (Å²) >= 11 is 0. The third kappa shape index (κ3) is 2.86. The second-order valence-corrected chi connectivity index (χ2v) is 5.74. The molecule has 1 aliphatic carbocycles. The molecule has 1 aliphatic rings. The van der Waals surface area contributed by atoms with E-state index in [2.05, 4.69) is 32.0 Å². The average molecular weight is 247 g/mol. The maximum Gasteiger partial charge on any atom is 0.123 e. The summed E-state index contributed by atoms with van der Waals surface area (Å²) in [5.41, 5.74) is 7.15. The van der Waals surface area contributed by atoms with Gasteiger partial charge >= 0.3 is 0 Å². The van der Waals surface area contributed by atoms with Crippen LogP contribution < -0.4 is 10.5 Å². The van der Waals surface area contributed by atoms with Crippen LogP contribution in [0.3, 0.4) is 0 Å². The molecule has 0 amide bonds. The van der Waals surface area contributed by atoms with Crippen LogP contribution in [0.2, 0.25) is 0 Å². The highest BCUT2D eigenvalue weighted by atomic mass is 16.5. The highest BCUT2D eigenvalue weighted by molar-refractivity contribution is 5.36. The minimum absolute atomic E-state index is 0.122. The molecular formula is C16H25NO. The van der Waals surface area contributed by atoms with Crippen molar-refractivity contribution >= 4 is 0 Å². The first-order valence-corrected chi connectivity index (χ1v) is 7.15. The zero-order valence-electron chi connectivity index (χ0n) is 11.6. The molecule has 0 aliphatic heterocycles. The van der Waals surface area contributed by atoms with Crippen molar-refractivity contribution in [3.63, 3.8) is 0 Å². The van der Waals surface area contributed by atoms with Crippen LogP contribution in [-0.2, 0) is 0 Å². The second kappa shape index (κ2) is 5.75. The smallest absolute Gasteiger partial charge is 0.123 e. The van der Waals surface area contributed by atoms with E-state index in [1.165, 1.54) is 24.8 Å². The summed E-state index contributed by atoms with van der Waals surface area (Å²) in [6.07, 6.45) is 5.98. The van der Waals surface area contributed by atoms with Gasteiger partial charge in [0, 0.05) is 6.54 Å². The van der Waals surface area contributed by atoms with E-state index >= 15 is 0 Å². The lowest BCUT2D eigenvalue weighted by Crippen LogP contribution is -2.45. The molecule has 0 bridgehead atoms. The Kier molecular flexibility index (Phi) is 4.28. The van der Waals surface area contributed by atoms with Crippen LogP contribution >= 0.6 is 0 Å². The van der Waals surface area contributed by atoms with Crippen LogP contribution in [0.15, 0.2) is 24.3 Å². The summed E-state index contributed by atoms with van der Waals surface area (Å²) < 4.78 is 6.36. The minimum Gasteiger partial charge on any atom is -0.486 e. The quantitative estimate of drug-likeness (QED) is 0.877. The highest BCUT2D eigenvalue weighted by Gasteiger charge is 2.33. The summed E-state index contributed by atoms with van der Waals surface area (Å²) in [7, 11) is 0. The van der Waals surface area contributed by atoms with Gasteiger partial charge in [0.05, 0.1) is 0 Å². The predicted octanol–water partition coefficient (Wildman–Crippen LogP) is 3.85. The molecule has 0 atom stereocenters. The van der Waals surface area contributed by atoms with E-state index < -0.39 is 0 Å². The molecule has 0 unspecified atom stereocenters. The van der Waals surface area contributed by atoms with Crippen LogP contribution in [-0.4, -0.2) is 12.1 Å². The molecular weight excluding hydrogens is 222 g/mol. The van der Waals surface area contributed by atoms with Crippen molar-refractivity contribution in [2.24, 2.45) is 5.73 Å². The van der Waals surface area contributed by atoms with Crippen molar-refractivity contribution in [1.82, 2.24) is 0 Å². The van der Waals surface area contributed by atoms with E-state index in [4.69, 9.17) is 10.5 Å². The molecule has 1 aromatic rings. The SMILES string of the molecule is CC(C)c1ccccc1OC1(CN)CCCCC1. The van der Waals surface area contributed by atoms with Gasteiger partial charge in [0.2, 0.25) is 0 Å². The molecule has 2 rings (SSSR count). The first-order chi connectivity index (χ1) is 8.67. The largest absolute Gasteiger partial charge is 0.486 e. The highest BCUT2D eigenvalue weighted by Crippen LogP contribution is 2.35. The van der Waals surface area contributed by atoms with Gasteiger partial charge in [-0.3, -0.25) is 0 Å². The third-order valence-electron chi connectivity index (χ3n) is 4.00. The van der Waals surface area contributed by atoms with Gasteiger partial charge in [-0.1, -0.05) is 38.5 Å². The normalized spacial score (nSPS) is 18.9. The minimum atomic E-state index is -0.122. The molecule has 1 aromatic carbocycles. The lowest BCUT2D eigenvalue weighted by atomic mass is 9.84. The Bertz CT molecular complexity index is 380. The van der Waals surface area contributed by atoms with Gasteiger partial charge in [-0.2, -0.15) is 0 Å². The van der Waals surface area contributed by atoms with Crippen LogP contribution in [0.4, 0.5) is 0 Å². The summed E-state index contributed by atoms with van der Waals surface area (Å²) in [6.45, 7) is 5.04. The number of hydrogen-bond acceptors (Lipinski definition) is 2. The van der Waals surface area contributed by atoms with E-state index in [0.29, 0.717) is 12.5 Å². The Morgan fingerprint density at radius 2 is 1.83 bits per heavy atom. The first-order valence-electron chi connectivity index (χ1n) is 7.15. The lowest BCUT2D eigenvalue weighted by molar-refractivity contribution is 0.0375. The summed E-state index contributed by atoms with van der Waals surface area (Å²) in [6, 6.07) is 8.38. The number of hydrogen-bond donors (Lipinski definition) is 1. The predicted molar refractivity (Wildman–Crippen MR) is 76.0 cm³/mol. The van der Waals surface area contributed by atoms with E-state index in [-0.39, 0.29) is 5.60 Å². The van der Waals surface area contributed by atoms with Gasteiger partial charge < -0.3 is 10.5 Å². The zero-order chi connectivity index (χ0) is 13.0. The Hall–Kier alpha value is -1.02. The molecule has 0 spiro atoms. The van der Waals surface area contributed by atoms with Gasteiger partial charge in [-0.25, -0.2) is 0 Å². The average Bonchev–Trinajstić information content (AvgIpc) is 2.40. The van der Waals surface area contributed by atoms with Crippen molar-refractivity contribution in [3.8, 4) is 5.75 Å². The molecule has 1 saturated carbocycles. The fourth-order valence-corrected chi connectivity index (χ4v) is 2.83. The Morgan fingerprint density at radius 1 is 1.17 bits per heavy atom. The Morgan fingerprint density at radius 3 is 2.44 bits per heavy atom. The standard InChI is InChI=1S/C16H25NO/c1-13(2)14-8-4-5-9-15(14)18-16(12-17)10-6-3-7-11-16/h4-5,8-9,13H,3,6-7,10-12,17H2,1-2H3. The van der Waals surface area contributed by atoms with Crippen molar-refractivity contribution in [2.75, 3.05) is 6.54 Å². The molecule has 100 valence electrons. The second-order valence-electron chi connectivity index (χ2n) is 5.74. The number of para-hydroxylation sites is 1. The number of rotatable bonds is 4. The fourth-order valence-electron chi connectivity index (χ4n) is 2.83. The molecule has 1 fully saturated rings. The lowest BCUT2D eigenvalue weighted by Gasteiger charge is -2.37. The summed E-state index contributed by atoms with van der Waals surface area (Å²) in [5.74, 6) is 1.51. The molecule has 0 saturated heterocycles. The van der Waals surface area contributed by atoms with Gasteiger partial charge in [0.1, 0.15) is 11.4 Å². The molecule has 2 nitrogen and oxygen atoms in total. The number of benzene rings is 1. The summed E-state index contributed by atoms with van der Waals surface area (Å²) in [5, 5.41) is 0. The topological polar surface area (TPSA) is 35.2 Å². The van der Waals surface area contributed by atoms with Crippen molar-refractivity contribution in [3.05, 3.63) is 29.8 Å². The Labute approximate surface area is 111 Å². The van der Waals surface area contributed by atoms with Gasteiger partial charge in [0.15, 0.2) is 0 Å². The fraction of sp³-hybridized carbons (Fsp3) is 0.625. The summed E-state index contributed by atoms with van der Waals surface area (Å²) in [4.78, 5) is 0. The third-order valence-corrected chi connectivity index (χ3v) is 4.00. The van der Waals surface area contributed by atoms with E-state index in [9.17, 15) is 0 Å². The monoisotopic (exact) mass is 247 g/mol. The molecule has 0 radical (unpaired) electrons. The molecule has 0 heterocycles. The van der Waals surface area contributed by atoms with Crippen LogP contribution in [0.1, 0.15) is 57.4 Å². The maximum atomic E-state index is 6.36. The van der Waals surface area contributed by atoms with E-state index in [0.717, 1.165) is 18.6 Å². The van der Waals surface area contributed by atoms with Crippen molar-refractivity contribution < 1.29 is 4.74 Å². The molecule has 0 aromatic heterocycles. The molecule has 18 heavy (non-hydrogen) atoms. The number of nitrogens with two attached hydrogens (primary N) is 1. The van der Waals surface area contributed by atoms with E-state index in [1.807, 2.05) is 6.07 Å². The number of ether oxygens (including phenoxy) is 1. The van der Waals surface area contributed by atoms with Gasteiger partial charge in [-0.05, 0) is 43.2 Å². The van der Waals surface area contributed by atoms with Crippen LogP contribution in [0, 0.1) is 0 Å². The molecule has 2 heteroatoms. The molecule has 2 N–H and O–H groups in total. The maximum absolute atomic E-state index is 6.36. The zero-order valence-corrected chi connectivity index (χ0v) is 11.6. The Balaban J connectivity index is 2.21. The first kappa shape index (κ1) is 13.4.